The Kier molecular flexibility index (Phi) is 4.32. The summed E-state index contributed by atoms with van der Waals surface area (Å²) < 4.78 is 0. The van der Waals surface area contributed by atoms with Crippen molar-refractivity contribution in [3.63, 3.8) is 0 Å². The molecule has 2 fully saturated rings. The zero-order valence-corrected chi connectivity index (χ0v) is 17.8. The molecular weight excluding hydrogens is 384 g/mol. The predicted octanol–water partition coefficient (Wildman–Crippen LogP) is 4.65. The van der Waals surface area contributed by atoms with Gasteiger partial charge in [-0.05, 0) is 77.5 Å². The smallest absolute Gasteiger partial charge is 0.253 e. The van der Waals surface area contributed by atoms with Gasteiger partial charge >= 0.3 is 0 Å². The van der Waals surface area contributed by atoms with Gasteiger partial charge in [0.15, 0.2) is 0 Å². The van der Waals surface area contributed by atoms with Crippen molar-refractivity contribution >= 4 is 27.6 Å². The first-order chi connectivity index (χ1) is 15.2. The van der Waals surface area contributed by atoms with E-state index in [2.05, 4.69) is 58.5 Å². The lowest BCUT2D eigenvalue weighted by Crippen LogP contribution is -2.47. The predicted molar refractivity (Wildman–Crippen MR) is 124 cm³/mol. The number of aromatic nitrogens is 2. The van der Waals surface area contributed by atoms with Gasteiger partial charge in [0.2, 0.25) is 0 Å². The number of benzene rings is 3. The van der Waals surface area contributed by atoms with Gasteiger partial charge in [-0.15, -0.1) is 0 Å². The van der Waals surface area contributed by atoms with E-state index in [1.165, 1.54) is 40.1 Å². The molecule has 4 aromatic rings. The SMILES string of the molecule is CN1CCN(C(=O)c2ccc(-c3cc(C4CC4)c4c(ccc5[nH]ncc54)c3)cc2)CC1. The Labute approximate surface area is 181 Å². The Morgan fingerprint density at radius 1 is 0.968 bits per heavy atom. The third-order valence-corrected chi connectivity index (χ3v) is 6.84. The quantitative estimate of drug-likeness (QED) is 0.535. The molecule has 0 unspecified atom stereocenters. The summed E-state index contributed by atoms with van der Waals surface area (Å²) in [6.45, 7) is 3.48. The molecule has 31 heavy (non-hydrogen) atoms. The molecule has 5 heteroatoms. The van der Waals surface area contributed by atoms with Gasteiger partial charge in [0.05, 0.1) is 11.7 Å². The van der Waals surface area contributed by atoms with Crippen LogP contribution in [0.1, 0.15) is 34.7 Å². The number of nitrogens with zero attached hydrogens (tertiary/aromatic N) is 3. The summed E-state index contributed by atoms with van der Waals surface area (Å²) in [4.78, 5) is 17.1. The molecule has 0 bridgehead atoms. The molecule has 2 aliphatic rings. The number of likely N-dealkylation sites (N-methyl/N-ethyl adjacent to an activating group) is 1. The minimum absolute atomic E-state index is 0.138. The topological polar surface area (TPSA) is 52.2 Å². The fraction of sp³-hybridized carbons (Fsp3) is 0.308. The van der Waals surface area contributed by atoms with Crippen LogP contribution in [0.4, 0.5) is 0 Å². The molecule has 1 aliphatic carbocycles. The zero-order chi connectivity index (χ0) is 20.9. The lowest BCUT2D eigenvalue weighted by molar-refractivity contribution is 0.0664. The Balaban J connectivity index is 1.36. The highest BCUT2D eigenvalue weighted by molar-refractivity contribution is 6.09. The van der Waals surface area contributed by atoms with Crippen molar-refractivity contribution in [2.75, 3.05) is 33.2 Å². The summed E-state index contributed by atoms with van der Waals surface area (Å²) in [5.41, 5.74) is 5.67. The van der Waals surface area contributed by atoms with E-state index >= 15 is 0 Å². The van der Waals surface area contributed by atoms with Crippen molar-refractivity contribution in [3.05, 3.63) is 65.9 Å². The maximum absolute atomic E-state index is 12.9. The molecule has 3 aromatic carbocycles. The molecule has 1 saturated heterocycles. The molecule has 1 amide bonds. The van der Waals surface area contributed by atoms with Crippen LogP contribution >= 0.6 is 0 Å². The summed E-state index contributed by atoms with van der Waals surface area (Å²) in [6.07, 6.45) is 4.46. The highest BCUT2D eigenvalue weighted by Gasteiger charge is 2.27. The molecule has 2 heterocycles. The molecule has 156 valence electrons. The number of nitrogens with one attached hydrogen (secondary N) is 1. The third-order valence-electron chi connectivity index (χ3n) is 6.84. The van der Waals surface area contributed by atoms with Gasteiger partial charge in [0.1, 0.15) is 0 Å². The zero-order valence-electron chi connectivity index (χ0n) is 17.8. The highest BCUT2D eigenvalue weighted by Crippen LogP contribution is 2.46. The number of piperazine rings is 1. The molecular formula is C26H26N4O. The number of H-pyrrole nitrogens is 1. The Morgan fingerprint density at radius 2 is 1.74 bits per heavy atom. The molecule has 0 spiro atoms. The Morgan fingerprint density at radius 3 is 2.48 bits per heavy atom. The third kappa shape index (κ3) is 3.29. The van der Waals surface area contributed by atoms with Gasteiger partial charge in [0, 0.05) is 37.1 Å². The average Bonchev–Trinajstić information content (AvgIpc) is 3.54. The largest absolute Gasteiger partial charge is 0.336 e. The van der Waals surface area contributed by atoms with Crippen LogP contribution in [0, 0.1) is 0 Å². The van der Waals surface area contributed by atoms with Gasteiger partial charge in [-0.1, -0.05) is 24.3 Å². The molecule has 1 N–H and O–H groups in total. The second kappa shape index (κ2) is 7.20. The maximum Gasteiger partial charge on any atom is 0.253 e. The Bertz CT molecular complexity index is 1280. The lowest BCUT2D eigenvalue weighted by atomic mass is 9.92. The fourth-order valence-corrected chi connectivity index (χ4v) is 4.81. The van der Waals surface area contributed by atoms with Crippen molar-refractivity contribution in [1.82, 2.24) is 20.0 Å². The van der Waals surface area contributed by atoms with E-state index in [0.717, 1.165) is 42.8 Å². The molecule has 1 aliphatic heterocycles. The Hall–Kier alpha value is -3.18. The first-order valence-electron chi connectivity index (χ1n) is 11.2. The monoisotopic (exact) mass is 410 g/mol. The van der Waals surface area contributed by atoms with Crippen molar-refractivity contribution in [3.8, 4) is 11.1 Å². The van der Waals surface area contributed by atoms with Crippen molar-refractivity contribution in [2.45, 2.75) is 18.8 Å². The second-order valence-corrected chi connectivity index (χ2v) is 9.01. The van der Waals surface area contributed by atoms with Crippen molar-refractivity contribution in [2.24, 2.45) is 0 Å². The number of rotatable bonds is 3. The molecule has 6 rings (SSSR count). The van der Waals surface area contributed by atoms with Crippen LogP contribution in [0.15, 0.2) is 54.7 Å². The summed E-state index contributed by atoms with van der Waals surface area (Å²) in [6, 6.07) is 17.1. The number of carbonyl (C=O) groups is 1. The summed E-state index contributed by atoms with van der Waals surface area (Å²) in [7, 11) is 2.10. The van der Waals surface area contributed by atoms with Crippen molar-refractivity contribution < 1.29 is 4.79 Å². The highest BCUT2D eigenvalue weighted by atomic mass is 16.2. The van der Waals surface area contributed by atoms with Crippen LogP contribution in [0.3, 0.4) is 0 Å². The lowest BCUT2D eigenvalue weighted by Gasteiger charge is -2.32. The second-order valence-electron chi connectivity index (χ2n) is 9.01. The molecule has 0 radical (unpaired) electrons. The number of carbonyl (C=O) groups excluding carboxylic acids is 1. The minimum atomic E-state index is 0.138. The van der Waals surface area contributed by atoms with Gasteiger partial charge in [-0.25, -0.2) is 0 Å². The molecule has 0 atom stereocenters. The molecule has 1 aromatic heterocycles. The van der Waals surface area contributed by atoms with Crippen LogP contribution < -0.4 is 0 Å². The van der Waals surface area contributed by atoms with Gasteiger partial charge in [0.25, 0.3) is 5.91 Å². The number of aromatic amines is 1. The van der Waals surface area contributed by atoms with E-state index in [1.54, 1.807) is 0 Å². The first kappa shape index (κ1) is 18.6. The van der Waals surface area contributed by atoms with E-state index in [4.69, 9.17) is 0 Å². The van der Waals surface area contributed by atoms with E-state index in [0.29, 0.717) is 5.92 Å². The van der Waals surface area contributed by atoms with Gasteiger partial charge in [-0.3, -0.25) is 9.89 Å². The van der Waals surface area contributed by atoms with Gasteiger partial charge < -0.3 is 9.80 Å². The normalized spacial score (nSPS) is 17.5. The van der Waals surface area contributed by atoms with Crippen LogP contribution in [-0.2, 0) is 0 Å². The van der Waals surface area contributed by atoms with E-state index in [1.807, 2.05) is 23.2 Å². The fourth-order valence-electron chi connectivity index (χ4n) is 4.81. The van der Waals surface area contributed by atoms with Crippen LogP contribution in [0.2, 0.25) is 0 Å². The van der Waals surface area contributed by atoms with Crippen LogP contribution in [0.5, 0.6) is 0 Å². The summed E-state index contributed by atoms with van der Waals surface area (Å²) in [5.74, 6) is 0.778. The van der Waals surface area contributed by atoms with E-state index < -0.39 is 0 Å². The first-order valence-corrected chi connectivity index (χ1v) is 11.2. The number of hydrogen-bond donors (Lipinski definition) is 1. The van der Waals surface area contributed by atoms with Crippen molar-refractivity contribution in [1.29, 1.82) is 0 Å². The summed E-state index contributed by atoms with van der Waals surface area (Å²) in [5, 5.41) is 11.2. The van der Waals surface area contributed by atoms with E-state index in [-0.39, 0.29) is 5.91 Å². The van der Waals surface area contributed by atoms with Crippen LogP contribution in [-0.4, -0.2) is 59.1 Å². The number of hydrogen-bond acceptors (Lipinski definition) is 3. The number of fused-ring (bicyclic) bond motifs is 3. The number of amides is 1. The maximum atomic E-state index is 12.9. The van der Waals surface area contributed by atoms with E-state index in [9.17, 15) is 4.79 Å². The molecule has 1 saturated carbocycles. The molecule has 5 nitrogen and oxygen atoms in total. The van der Waals surface area contributed by atoms with Crippen LogP contribution in [0.25, 0.3) is 32.8 Å². The van der Waals surface area contributed by atoms with Gasteiger partial charge in [-0.2, -0.15) is 5.10 Å². The average molecular weight is 411 g/mol. The standard InChI is InChI=1S/C26H26N4O/c1-29-10-12-30(13-11-29)26(31)19-6-2-17(3-7-19)21-14-20-8-9-24-23(16-27-28-24)25(20)22(15-21)18-4-5-18/h2-3,6-9,14-16,18H,4-5,10-13H2,1H3,(H,27,28). The summed E-state index contributed by atoms with van der Waals surface area (Å²) >= 11 is 0. The minimum Gasteiger partial charge on any atom is -0.336 e.